The number of ether oxygens (including phenoxy) is 1. The third-order valence-electron chi connectivity index (χ3n) is 6.21. The summed E-state index contributed by atoms with van der Waals surface area (Å²) in [6.45, 7) is 6.45. The van der Waals surface area contributed by atoms with Gasteiger partial charge in [-0.05, 0) is 50.7 Å². The molecule has 2 atom stereocenters. The van der Waals surface area contributed by atoms with Crippen molar-refractivity contribution in [3.05, 3.63) is 29.1 Å². The second kappa shape index (κ2) is 10.1. The monoisotopic (exact) mass is 427 g/mol. The zero-order valence-electron chi connectivity index (χ0n) is 17.8. The number of alkyl halides is 3. The van der Waals surface area contributed by atoms with E-state index in [4.69, 9.17) is 4.74 Å². The van der Waals surface area contributed by atoms with E-state index >= 15 is 0 Å². The van der Waals surface area contributed by atoms with Crippen LogP contribution in [0.2, 0.25) is 0 Å². The molecule has 0 aliphatic carbocycles. The molecule has 0 spiro atoms. The lowest BCUT2D eigenvalue weighted by Gasteiger charge is -2.32. The van der Waals surface area contributed by atoms with Crippen molar-refractivity contribution < 1.29 is 22.7 Å². The van der Waals surface area contributed by atoms with Gasteiger partial charge < -0.3 is 15.0 Å². The first kappa shape index (κ1) is 23.0. The Kier molecular flexibility index (Phi) is 7.74. The van der Waals surface area contributed by atoms with E-state index in [2.05, 4.69) is 17.2 Å². The number of amides is 1. The van der Waals surface area contributed by atoms with Crippen LogP contribution in [-0.4, -0.2) is 47.6 Å². The summed E-state index contributed by atoms with van der Waals surface area (Å²) in [5.41, 5.74) is 0.416. The molecule has 30 heavy (non-hydrogen) atoms. The van der Waals surface area contributed by atoms with Crippen LogP contribution in [0.15, 0.2) is 12.3 Å². The highest BCUT2D eigenvalue weighted by molar-refractivity contribution is 5.79. The lowest BCUT2D eigenvalue weighted by Crippen LogP contribution is -2.42. The van der Waals surface area contributed by atoms with Crippen molar-refractivity contribution in [2.24, 2.45) is 5.92 Å². The van der Waals surface area contributed by atoms with Crippen molar-refractivity contribution in [1.29, 1.82) is 0 Å². The molecule has 2 aliphatic rings. The molecule has 0 aromatic carbocycles. The van der Waals surface area contributed by atoms with E-state index in [0.717, 1.165) is 57.6 Å². The molecular weight excluding hydrogens is 395 g/mol. The first-order chi connectivity index (χ1) is 14.3. The summed E-state index contributed by atoms with van der Waals surface area (Å²) < 4.78 is 44.4. The number of nitrogens with zero attached hydrogens (tertiary/aromatic N) is 2. The molecule has 0 bridgehead atoms. The Hall–Kier alpha value is -1.67. The summed E-state index contributed by atoms with van der Waals surface area (Å²) >= 11 is 0. The molecular formula is C22H32F3N3O2. The molecule has 3 heterocycles. The van der Waals surface area contributed by atoms with E-state index in [1.54, 1.807) is 4.90 Å². The van der Waals surface area contributed by atoms with Gasteiger partial charge >= 0.3 is 6.18 Å². The van der Waals surface area contributed by atoms with Gasteiger partial charge in [0.05, 0.1) is 5.56 Å². The standard InChI is InChI=1S/C22H32F3N3O2/c1-3-16(5-4-15(2)27-19-7-10-30-11-8-19)21(29)28-9-6-20-17(14-28)12-18(13-26-20)22(23,24)25/h12-13,15-16,19,27H,3-11,14H2,1-2H3/t15?,16-/m1/s1. The summed E-state index contributed by atoms with van der Waals surface area (Å²) in [6.07, 6.45) is 1.39. The SMILES string of the molecule is CC[C@H](CCC(C)NC1CCOCC1)C(=O)N1CCc2ncc(C(F)(F)F)cc2C1. The predicted octanol–water partition coefficient (Wildman–Crippen LogP) is 3.95. The zero-order valence-corrected chi connectivity index (χ0v) is 17.8. The summed E-state index contributed by atoms with van der Waals surface area (Å²) in [5, 5.41) is 3.63. The topological polar surface area (TPSA) is 54.5 Å². The van der Waals surface area contributed by atoms with Crippen molar-refractivity contribution in [2.45, 2.75) is 77.2 Å². The lowest BCUT2D eigenvalue weighted by molar-refractivity contribution is -0.138. The van der Waals surface area contributed by atoms with Gasteiger partial charge in [0.2, 0.25) is 5.91 Å². The lowest BCUT2D eigenvalue weighted by atomic mass is 9.94. The van der Waals surface area contributed by atoms with E-state index in [-0.39, 0.29) is 18.4 Å². The number of hydrogen-bond acceptors (Lipinski definition) is 4. The minimum Gasteiger partial charge on any atom is -0.381 e. The average molecular weight is 428 g/mol. The van der Waals surface area contributed by atoms with E-state index in [1.807, 2.05) is 6.92 Å². The van der Waals surface area contributed by atoms with E-state index in [1.165, 1.54) is 0 Å². The highest BCUT2D eigenvalue weighted by Gasteiger charge is 2.33. The smallest absolute Gasteiger partial charge is 0.381 e. The molecule has 1 fully saturated rings. The van der Waals surface area contributed by atoms with Crippen LogP contribution in [0.4, 0.5) is 13.2 Å². The van der Waals surface area contributed by atoms with Crippen LogP contribution in [0.25, 0.3) is 0 Å². The summed E-state index contributed by atoms with van der Waals surface area (Å²) in [4.78, 5) is 18.8. The first-order valence-electron chi connectivity index (χ1n) is 11.0. The number of carbonyl (C=O) groups excluding carboxylic acids is 1. The first-order valence-corrected chi connectivity index (χ1v) is 11.0. The van der Waals surface area contributed by atoms with Gasteiger partial charge in [-0.1, -0.05) is 6.92 Å². The molecule has 5 nitrogen and oxygen atoms in total. The molecule has 1 aromatic rings. The number of hydrogen-bond donors (Lipinski definition) is 1. The zero-order chi connectivity index (χ0) is 21.7. The molecule has 1 unspecified atom stereocenters. The van der Waals surface area contributed by atoms with Gasteiger partial charge in [-0.2, -0.15) is 13.2 Å². The second-order valence-corrected chi connectivity index (χ2v) is 8.47. The number of halogens is 3. The largest absolute Gasteiger partial charge is 0.417 e. The molecule has 1 amide bonds. The Bertz CT molecular complexity index is 720. The molecule has 1 saturated heterocycles. The van der Waals surface area contributed by atoms with Gasteiger partial charge in [-0.25, -0.2) is 0 Å². The van der Waals surface area contributed by atoms with Crippen LogP contribution in [0.3, 0.4) is 0 Å². The molecule has 1 N–H and O–H groups in total. The molecule has 0 radical (unpaired) electrons. The minimum absolute atomic E-state index is 0.0406. The molecule has 1 aromatic heterocycles. The fourth-order valence-corrected chi connectivity index (χ4v) is 4.33. The van der Waals surface area contributed by atoms with Crippen molar-refractivity contribution in [3.63, 3.8) is 0 Å². The molecule has 2 aliphatic heterocycles. The molecule has 3 rings (SSSR count). The van der Waals surface area contributed by atoms with Crippen LogP contribution in [0.5, 0.6) is 0 Å². The van der Waals surface area contributed by atoms with Crippen molar-refractivity contribution >= 4 is 5.91 Å². The number of pyridine rings is 1. The van der Waals surface area contributed by atoms with Crippen LogP contribution in [0, 0.1) is 5.92 Å². The molecule has 168 valence electrons. The number of fused-ring (bicyclic) bond motifs is 1. The summed E-state index contributed by atoms with van der Waals surface area (Å²) in [6, 6.07) is 1.93. The summed E-state index contributed by atoms with van der Waals surface area (Å²) in [7, 11) is 0. The highest BCUT2D eigenvalue weighted by Crippen LogP contribution is 2.31. The van der Waals surface area contributed by atoms with Crippen molar-refractivity contribution in [1.82, 2.24) is 15.2 Å². The maximum absolute atomic E-state index is 13.1. The number of aromatic nitrogens is 1. The van der Waals surface area contributed by atoms with Crippen LogP contribution in [0.1, 0.15) is 62.8 Å². The van der Waals surface area contributed by atoms with E-state index < -0.39 is 11.7 Å². The van der Waals surface area contributed by atoms with E-state index in [0.29, 0.717) is 36.3 Å². The quantitative estimate of drug-likeness (QED) is 0.716. The Labute approximate surface area is 176 Å². The highest BCUT2D eigenvalue weighted by atomic mass is 19.4. The van der Waals surface area contributed by atoms with Gasteiger partial charge in [0.25, 0.3) is 0 Å². The third-order valence-corrected chi connectivity index (χ3v) is 6.21. The van der Waals surface area contributed by atoms with E-state index in [9.17, 15) is 18.0 Å². The van der Waals surface area contributed by atoms with Gasteiger partial charge in [0.15, 0.2) is 0 Å². The maximum atomic E-state index is 13.1. The van der Waals surface area contributed by atoms with Gasteiger partial charge in [0.1, 0.15) is 0 Å². The van der Waals surface area contributed by atoms with Crippen molar-refractivity contribution in [2.75, 3.05) is 19.8 Å². The minimum atomic E-state index is -4.42. The predicted molar refractivity (Wildman–Crippen MR) is 108 cm³/mol. The normalized spacial score (nSPS) is 20.0. The van der Waals surface area contributed by atoms with Crippen molar-refractivity contribution in [3.8, 4) is 0 Å². The Morgan fingerprint density at radius 1 is 1.33 bits per heavy atom. The second-order valence-electron chi connectivity index (χ2n) is 8.47. The number of nitrogens with one attached hydrogen (secondary N) is 1. The van der Waals surface area contributed by atoms with Gasteiger partial charge in [-0.15, -0.1) is 0 Å². The van der Waals surface area contributed by atoms with Gasteiger partial charge in [0, 0.05) is 62.6 Å². The Balaban J connectivity index is 1.55. The number of carbonyl (C=O) groups is 1. The van der Waals surface area contributed by atoms with Crippen LogP contribution in [-0.2, 0) is 28.7 Å². The fourth-order valence-electron chi connectivity index (χ4n) is 4.33. The Morgan fingerprint density at radius 2 is 2.07 bits per heavy atom. The average Bonchev–Trinajstić information content (AvgIpc) is 2.73. The fraction of sp³-hybridized carbons (Fsp3) is 0.727. The number of rotatable bonds is 7. The Morgan fingerprint density at radius 3 is 2.73 bits per heavy atom. The molecule has 0 saturated carbocycles. The van der Waals surface area contributed by atoms with Gasteiger partial charge in [-0.3, -0.25) is 9.78 Å². The third kappa shape index (κ3) is 5.94. The maximum Gasteiger partial charge on any atom is 0.417 e. The van der Waals surface area contributed by atoms with Crippen LogP contribution < -0.4 is 5.32 Å². The van der Waals surface area contributed by atoms with Crippen LogP contribution >= 0.6 is 0 Å². The molecule has 8 heteroatoms. The summed E-state index contributed by atoms with van der Waals surface area (Å²) in [5.74, 6) is -0.0666.